The number of aromatic nitrogens is 1. The number of rotatable bonds is 10. The summed E-state index contributed by atoms with van der Waals surface area (Å²) in [5.41, 5.74) is 5.11. The number of nitrogens with one attached hydrogen (secondary N) is 1. The number of likely N-dealkylation sites (N-methyl/N-ethyl adjacent to an activating group) is 1. The average molecular weight is 509 g/mol. The van der Waals surface area contributed by atoms with Gasteiger partial charge in [0.2, 0.25) is 5.91 Å². The number of halogens is 4. The Morgan fingerprint density at radius 1 is 1.17 bits per heavy atom. The first kappa shape index (κ1) is 27.6. The first-order valence-corrected chi connectivity index (χ1v) is 11.8. The fourth-order valence-corrected chi connectivity index (χ4v) is 4.60. The van der Waals surface area contributed by atoms with E-state index in [9.17, 15) is 27.2 Å². The summed E-state index contributed by atoms with van der Waals surface area (Å²) in [5, 5.41) is 2.77. The number of hydrogen-bond donors (Lipinski definition) is 2. The number of benzene rings is 1. The van der Waals surface area contributed by atoms with E-state index in [-0.39, 0.29) is 43.0 Å². The Morgan fingerprint density at radius 3 is 2.33 bits per heavy atom. The van der Waals surface area contributed by atoms with Gasteiger partial charge in [0, 0.05) is 36.8 Å². The molecule has 0 aliphatic heterocycles. The number of carbonyl (C=O) groups is 2. The first-order chi connectivity index (χ1) is 16.8. The summed E-state index contributed by atoms with van der Waals surface area (Å²) in [6, 6.07) is 5.96. The topological polar surface area (TPSA) is 88.3 Å². The molecule has 1 heterocycles. The van der Waals surface area contributed by atoms with Crippen molar-refractivity contribution in [2.75, 3.05) is 20.6 Å². The molecule has 0 spiro atoms. The highest BCUT2D eigenvalue weighted by molar-refractivity contribution is 5.93. The van der Waals surface area contributed by atoms with Gasteiger partial charge < -0.3 is 16.0 Å². The van der Waals surface area contributed by atoms with Gasteiger partial charge in [0.15, 0.2) is 0 Å². The molecular formula is C26H32F4N4O2. The van der Waals surface area contributed by atoms with Gasteiger partial charge in [0.1, 0.15) is 5.82 Å². The zero-order valence-electron chi connectivity index (χ0n) is 20.9. The van der Waals surface area contributed by atoms with E-state index in [2.05, 4.69) is 10.3 Å². The van der Waals surface area contributed by atoms with Crippen LogP contribution in [0.3, 0.4) is 0 Å². The van der Waals surface area contributed by atoms with E-state index in [4.69, 9.17) is 5.73 Å². The predicted octanol–water partition coefficient (Wildman–Crippen LogP) is 4.04. The van der Waals surface area contributed by atoms with E-state index in [1.165, 1.54) is 12.3 Å². The summed E-state index contributed by atoms with van der Waals surface area (Å²) < 4.78 is 56.4. The molecule has 0 bridgehead atoms. The molecule has 1 saturated carbocycles. The summed E-state index contributed by atoms with van der Waals surface area (Å²) in [5.74, 6) is -3.06. The number of aryl methyl sites for hydroxylation is 1. The van der Waals surface area contributed by atoms with Crippen LogP contribution in [0.4, 0.5) is 17.6 Å². The fourth-order valence-electron chi connectivity index (χ4n) is 4.60. The molecule has 0 saturated heterocycles. The van der Waals surface area contributed by atoms with Crippen LogP contribution >= 0.6 is 0 Å². The lowest BCUT2D eigenvalue weighted by Crippen LogP contribution is -2.43. The van der Waals surface area contributed by atoms with Crippen molar-refractivity contribution in [1.29, 1.82) is 0 Å². The van der Waals surface area contributed by atoms with E-state index < -0.39 is 35.1 Å². The standard InChI is InChI=1S/C26H32F4N4O2/c1-15-5-6-18(13-32-15)21(25(9-10-25)26(28,29)30)12-22(35)33-14-19(34(3)4)11-17-7-8-20(24(31)36)23(27)16(17)2/h5-8,13,19,21H,9-12,14H2,1-4H3,(H2,31,36)(H,33,35)/t19-,21+/m0/s1. The maximum Gasteiger partial charge on any atom is 0.395 e. The number of amides is 2. The van der Waals surface area contributed by atoms with Crippen molar-refractivity contribution in [2.45, 2.75) is 57.7 Å². The molecule has 0 radical (unpaired) electrons. The monoisotopic (exact) mass is 508 g/mol. The van der Waals surface area contributed by atoms with E-state index in [1.807, 2.05) is 4.90 Å². The normalized spacial score (nSPS) is 16.5. The van der Waals surface area contributed by atoms with Crippen molar-refractivity contribution in [3.8, 4) is 0 Å². The third-order valence-corrected chi connectivity index (χ3v) is 7.23. The second-order valence-corrected chi connectivity index (χ2v) is 9.84. The Balaban J connectivity index is 1.73. The van der Waals surface area contributed by atoms with Gasteiger partial charge in [-0.25, -0.2) is 4.39 Å². The number of nitrogens with zero attached hydrogens (tertiary/aromatic N) is 2. The van der Waals surface area contributed by atoms with Crippen LogP contribution in [0.2, 0.25) is 0 Å². The van der Waals surface area contributed by atoms with E-state index in [0.29, 0.717) is 23.2 Å². The smallest absolute Gasteiger partial charge is 0.366 e. The molecule has 10 heteroatoms. The van der Waals surface area contributed by atoms with Crippen molar-refractivity contribution in [1.82, 2.24) is 15.2 Å². The van der Waals surface area contributed by atoms with Gasteiger partial charge in [-0.05, 0) is 76.0 Å². The van der Waals surface area contributed by atoms with Crippen LogP contribution in [0, 0.1) is 25.1 Å². The van der Waals surface area contributed by atoms with Crippen molar-refractivity contribution in [3.63, 3.8) is 0 Å². The molecule has 1 aromatic heterocycles. The van der Waals surface area contributed by atoms with Gasteiger partial charge in [-0.15, -0.1) is 0 Å². The minimum atomic E-state index is -4.42. The fraction of sp³-hybridized carbons (Fsp3) is 0.500. The molecule has 196 valence electrons. The molecule has 3 rings (SSSR count). The number of primary amides is 1. The van der Waals surface area contributed by atoms with Gasteiger partial charge in [0.25, 0.3) is 5.91 Å². The lowest BCUT2D eigenvalue weighted by molar-refractivity contribution is -0.194. The van der Waals surface area contributed by atoms with Gasteiger partial charge in [-0.1, -0.05) is 12.1 Å². The first-order valence-electron chi connectivity index (χ1n) is 11.8. The van der Waals surface area contributed by atoms with Crippen LogP contribution in [0.5, 0.6) is 0 Å². The van der Waals surface area contributed by atoms with Crippen molar-refractivity contribution in [3.05, 3.63) is 64.2 Å². The van der Waals surface area contributed by atoms with Gasteiger partial charge in [-0.2, -0.15) is 13.2 Å². The summed E-state index contributed by atoms with van der Waals surface area (Å²) in [6.45, 7) is 3.45. The van der Waals surface area contributed by atoms with Gasteiger partial charge >= 0.3 is 6.18 Å². The third-order valence-electron chi connectivity index (χ3n) is 7.23. The SMILES string of the molecule is Cc1ccc([C@@H](CC(=O)NC[C@H](Cc2ccc(C(N)=O)c(F)c2C)N(C)C)C2(C(F)(F)F)CC2)cn1. The zero-order valence-corrected chi connectivity index (χ0v) is 20.9. The Hall–Kier alpha value is -3.01. The molecule has 2 aromatic rings. The Labute approximate surface area is 208 Å². The van der Waals surface area contributed by atoms with Gasteiger partial charge in [0.05, 0.1) is 11.0 Å². The number of hydrogen-bond acceptors (Lipinski definition) is 4. The van der Waals surface area contributed by atoms with Crippen LogP contribution in [0.1, 0.15) is 57.9 Å². The highest BCUT2D eigenvalue weighted by atomic mass is 19.4. The average Bonchev–Trinajstić information content (AvgIpc) is 3.60. The number of carbonyl (C=O) groups excluding carboxylic acids is 2. The molecule has 2 amide bonds. The molecule has 1 aliphatic carbocycles. The summed E-state index contributed by atoms with van der Waals surface area (Å²) in [7, 11) is 3.59. The summed E-state index contributed by atoms with van der Waals surface area (Å²) in [6.07, 6.45) is -3.00. The van der Waals surface area contributed by atoms with E-state index in [1.54, 1.807) is 46.1 Å². The van der Waals surface area contributed by atoms with Crippen molar-refractivity contribution < 1.29 is 27.2 Å². The quantitative estimate of drug-likeness (QED) is 0.474. The van der Waals surface area contributed by atoms with E-state index in [0.717, 1.165) is 0 Å². The van der Waals surface area contributed by atoms with Crippen LogP contribution in [0.15, 0.2) is 30.5 Å². The van der Waals surface area contributed by atoms with Crippen molar-refractivity contribution >= 4 is 11.8 Å². The van der Waals surface area contributed by atoms with Crippen LogP contribution in [-0.2, 0) is 11.2 Å². The Morgan fingerprint density at radius 2 is 1.83 bits per heavy atom. The van der Waals surface area contributed by atoms with Crippen molar-refractivity contribution in [2.24, 2.45) is 11.1 Å². The largest absolute Gasteiger partial charge is 0.395 e. The third kappa shape index (κ3) is 5.86. The molecule has 6 nitrogen and oxygen atoms in total. The molecule has 36 heavy (non-hydrogen) atoms. The van der Waals surface area contributed by atoms with E-state index >= 15 is 0 Å². The van der Waals surface area contributed by atoms with Crippen LogP contribution < -0.4 is 11.1 Å². The molecule has 1 fully saturated rings. The maximum absolute atomic E-state index is 14.5. The minimum Gasteiger partial charge on any atom is -0.366 e. The highest BCUT2D eigenvalue weighted by Crippen LogP contribution is 2.66. The number of nitrogens with two attached hydrogens (primary N) is 1. The van der Waals surface area contributed by atoms with Gasteiger partial charge in [-0.3, -0.25) is 14.6 Å². The molecular weight excluding hydrogens is 476 g/mol. The Bertz CT molecular complexity index is 1110. The second kappa shape index (κ2) is 10.5. The summed E-state index contributed by atoms with van der Waals surface area (Å²) in [4.78, 5) is 30.3. The number of pyridine rings is 1. The lowest BCUT2D eigenvalue weighted by Gasteiger charge is -2.30. The predicted molar refractivity (Wildman–Crippen MR) is 128 cm³/mol. The summed E-state index contributed by atoms with van der Waals surface area (Å²) >= 11 is 0. The molecule has 1 aliphatic rings. The Kier molecular flexibility index (Phi) is 8.07. The minimum absolute atomic E-state index is 0.0191. The maximum atomic E-state index is 14.5. The molecule has 2 atom stereocenters. The molecule has 3 N–H and O–H groups in total. The second-order valence-electron chi connectivity index (χ2n) is 9.84. The zero-order chi connectivity index (χ0) is 26.8. The van der Waals surface area contributed by atoms with Crippen LogP contribution in [0.25, 0.3) is 0 Å². The number of alkyl halides is 3. The highest BCUT2D eigenvalue weighted by Gasteiger charge is 2.67. The molecule has 0 unspecified atom stereocenters. The molecule has 1 aromatic carbocycles. The van der Waals surface area contributed by atoms with Crippen LogP contribution in [-0.4, -0.2) is 54.6 Å². The lowest BCUT2D eigenvalue weighted by atomic mass is 9.80.